The van der Waals surface area contributed by atoms with E-state index in [0.717, 1.165) is 17.7 Å². The number of ether oxygens (including phenoxy) is 1. The first-order valence-electron chi connectivity index (χ1n) is 9.51. The smallest absolute Gasteiger partial charge is 0.326 e. The van der Waals surface area contributed by atoms with Gasteiger partial charge in [-0.15, -0.1) is 0 Å². The Hall–Kier alpha value is -2.15. The fourth-order valence-electron chi connectivity index (χ4n) is 3.97. The Morgan fingerprint density at radius 3 is 2.57 bits per heavy atom. The number of hydrogen-bond donors (Lipinski definition) is 1. The summed E-state index contributed by atoms with van der Waals surface area (Å²) in [5.74, 6) is -0.455. The largest absolute Gasteiger partial charge is 0.459 e. The summed E-state index contributed by atoms with van der Waals surface area (Å²) in [6.07, 6.45) is 4.45. The molecule has 3 amide bonds. The second kappa shape index (κ2) is 7.70. The minimum absolute atomic E-state index is 0.00502. The highest BCUT2D eigenvalue weighted by atomic mass is 35.5. The van der Waals surface area contributed by atoms with E-state index in [1.54, 1.807) is 12.1 Å². The summed E-state index contributed by atoms with van der Waals surface area (Å²) in [4.78, 5) is 42.3. The standard InChI is InChI=1S/C20H26ClN3O4/c1-19(2,3)14-6-8-20(9-7-14)17(26)24(18(27)23-20)11-16(25)28-12-13-4-5-15(21)22-10-13/h4-5,10,14H,6-9,11-12H2,1-3H3,(H,23,27). The Morgan fingerprint density at radius 2 is 2.00 bits per heavy atom. The lowest BCUT2D eigenvalue weighted by Crippen LogP contribution is -2.50. The van der Waals surface area contributed by atoms with E-state index < -0.39 is 24.1 Å². The van der Waals surface area contributed by atoms with E-state index in [1.807, 2.05) is 0 Å². The second-order valence-electron chi connectivity index (χ2n) is 8.69. The summed E-state index contributed by atoms with van der Waals surface area (Å²) < 4.78 is 5.17. The molecule has 1 aromatic rings. The number of esters is 1. The van der Waals surface area contributed by atoms with Gasteiger partial charge in [0.25, 0.3) is 5.91 Å². The van der Waals surface area contributed by atoms with Gasteiger partial charge in [0, 0.05) is 11.8 Å². The van der Waals surface area contributed by atoms with Crippen LogP contribution in [0.4, 0.5) is 4.79 Å². The van der Waals surface area contributed by atoms with E-state index in [0.29, 0.717) is 29.5 Å². The van der Waals surface area contributed by atoms with Crippen molar-refractivity contribution in [2.24, 2.45) is 11.3 Å². The average molecular weight is 408 g/mol. The van der Waals surface area contributed by atoms with Crippen molar-refractivity contribution in [1.29, 1.82) is 0 Å². The number of hydrogen-bond acceptors (Lipinski definition) is 5. The van der Waals surface area contributed by atoms with Crippen molar-refractivity contribution in [3.63, 3.8) is 0 Å². The lowest BCUT2D eigenvalue weighted by Gasteiger charge is -2.40. The lowest BCUT2D eigenvalue weighted by atomic mass is 9.67. The zero-order valence-corrected chi connectivity index (χ0v) is 17.2. The van der Waals surface area contributed by atoms with E-state index in [-0.39, 0.29) is 17.9 Å². The molecule has 0 atom stereocenters. The van der Waals surface area contributed by atoms with E-state index in [1.165, 1.54) is 6.20 Å². The molecule has 3 rings (SSSR count). The van der Waals surface area contributed by atoms with Gasteiger partial charge in [0.05, 0.1) is 0 Å². The molecule has 1 saturated heterocycles. The molecule has 1 aliphatic heterocycles. The van der Waals surface area contributed by atoms with Gasteiger partial charge in [-0.1, -0.05) is 38.4 Å². The number of amides is 3. The zero-order valence-electron chi connectivity index (χ0n) is 16.5. The highest BCUT2D eigenvalue weighted by Gasteiger charge is 2.53. The van der Waals surface area contributed by atoms with Crippen LogP contribution in [0.2, 0.25) is 5.15 Å². The first kappa shape index (κ1) is 20.6. The number of carbonyl (C=O) groups is 3. The minimum Gasteiger partial charge on any atom is -0.459 e. The summed E-state index contributed by atoms with van der Waals surface area (Å²) in [6, 6.07) is 2.77. The molecule has 1 aliphatic carbocycles. The van der Waals surface area contributed by atoms with Crippen LogP contribution in [0.15, 0.2) is 18.3 Å². The van der Waals surface area contributed by atoms with Crippen molar-refractivity contribution in [2.75, 3.05) is 6.54 Å². The summed E-state index contributed by atoms with van der Waals surface area (Å²) in [7, 11) is 0. The van der Waals surface area contributed by atoms with Gasteiger partial charge in [-0.3, -0.25) is 14.5 Å². The maximum Gasteiger partial charge on any atom is 0.326 e. The van der Waals surface area contributed by atoms with Gasteiger partial charge in [0.15, 0.2) is 0 Å². The van der Waals surface area contributed by atoms with Crippen molar-refractivity contribution >= 4 is 29.5 Å². The van der Waals surface area contributed by atoms with E-state index in [2.05, 4.69) is 31.1 Å². The third-order valence-corrected chi connectivity index (χ3v) is 6.01. The van der Waals surface area contributed by atoms with E-state index in [4.69, 9.17) is 16.3 Å². The van der Waals surface area contributed by atoms with E-state index in [9.17, 15) is 14.4 Å². The summed E-state index contributed by atoms with van der Waals surface area (Å²) in [6.45, 7) is 6.21. The van der Waals surface area contributed by atoms with Gasteiger partial charge in [-0.05, 0) is 43.1 Å². The molecular formula is C20H26ClN3O4. The van der Waals surface area contributed by atoms with E-state index >= 15 is 0 Å². The highest BCUT2D eigenvalue weighted by Crippen LogP contribution is 2.43. The SMILES string of the molecule is CC(C)(C)C1CCC2(CC1)NC(=O)N(CC(=O)OCc1ccc(Cl)nc1)C2=O. The van der Waals surface area contributed by atoms with Gasteiger partial charge < -0.3 is 10.1 Å². The monoisotopic (exact) mass is 407 g/mol. The number of aromatic nitrogens is 1. The molecule has 0 aromatic carbocycles. The van der Waals surface area contributed by atoms with Crippen LogP contribution in [0.3, 0.4) is 0 Å². The van der Waals surface area contributed by atoms with Crippen LogP contribution in [-0.4, -0.2) is 39.9 Å². The number of urea groups is 1. The summed E-state index contributed by atoms with van der Waals surface area (Å²) >= 11 is 5.72. The van der Waals surface area contributed by atoms with Crippen LogP contribution in [0.5, 0.6) is 0 Å². The molecule has 2 aliphatic rings. The number of carbonyl (C=O) groups excluding carboxylic acids is 3. The fraction of sp³-hybridized carbons (Fsp3) is 0.600. The molecule has 8 heteroatoms. The first-order valence-corrected chi connectivity index (χ1v) is 9.89. The Balaban J connectivity index is 1.56. The molecule has 2 heterocycles. The number of halogens is 1. The number of imide groups is 1. The molecular weight excluding hydrogens is 382 g/mol. The van der Waals surface area contributed by atoms with Gasteiger partial charge >= 0.3 is 12.0 Å². The topological polar surface area (TPSA) is 88.6 Å². The maximum absolute atomic E-state index is 12.9. The molecule has 0 radical (unpaired) electrons. The molecule has 0 bridgehead atoms. The van der Waals surface area contributed by atoms with Crippen molar-refractivity contribution < 1.29 is 19.1 Å². The Morgan fingerprint density at radius 1 is 1.32 bits per heavy atom. The number of nitrogens with zero attached hydrogens (tertiary/aromatic N) is 2. The number of rotatable bonds is 4. The van der Waals surface area contributed by atoms with Crippen LogP contribution in [0.1, 0.15) is 52.0 Å². The Labute approximate surface area is 169 Å². The lowest BCUT2D eigenvalue weighted by molar-refractivity contribution is -0.149. The highest BCUT2D eigenvalue weighted by molar-refractivity contribution is 6.29. The van der Waals surface area contributed by atoms with Crippen molar-refractivity contribution in [3.8, 4) is 0 Å². The molecule has 1 saturated carbocycles. The molecule has 28 heavy (non-hydrogen) atoms. The Kier molecular flexibility index (Phi) is 5.66. The normalized spacial score (nSPS) is 25.1. The van der Waals surface area contributed by atoms with Crippen LogP contribution in [0.25, 0.3) is 0 Å². The number of nitrogens with one attached hydrogen (secondary N) is 1. The number of pyridine rings is 1. The van der Waals surface area contributed by atoms with Gasteiger partial charge in [0.1, 0.15) is 23.8 Å². The Bertz CT molecular complexity index is 765. The van der Waals surface area contributed by atoms with Crippen LogP contribution in [0, 0.1) is 11.3 Å². The predicted molar refractivity (Wildman–Crippen MR) is 103 cm³/mol. The maximum atomic E-state index is 12.9. The third kappa shape index (κ3) is 4.29. The third-order valence-electron chi connectivity index (χ3n) is 5.79. The second-order valence-corrected chi connectivity index (χ2v) is 9.08. The summed E-state index contributed by atoms with van der Waals surface area (Å²) in [5.41, 5.74) is -0.0288. The average Bonchev–Trinajstić information content (AvgIpc) is 2.85. The predicted octanol–water partition coefficient (Wildman–Crippen LogP) is 3.31. The fourth-order valence-corrected chi connectivity index (χ4v) is 4.08. The first-order chi connectivity index (χ1) is 13.1. The van der Waals surface area contributed by atoms with Gasteiger partial charge in [-0.25, -0.2) is 9.78 Å². The molecule has 0 unspecified atom stereocenters. The van der Waals surface area contributed by atoms with Crippen molar-refractivity contribution in [2.45, 2.75) is 58.6 Å². The molecule has 7 nitrogen and oxygen atoms in total. The summed E-state index contributed by atoms with van der Waals surface area (Å²) in [5, 5.41) is 3.18. The van der Waals surface area contributed by atoms with Gasteiger partial charge in [-0.2, -0.15) is 0 Å². The molecule has 2 fully saturated rings. The van der Waals surface area contributed by atoms with Crippen LogP contribution in [-0.2, 0) is 20.9 Å². The van der Waals surface area contributed by atoms with Crippen molar-refractivity contribution in [3.05, 3.63) is 29.0 Å². The van der Waals surface area contributed by atoms with Gasteiger partial charge in [0.2, 0.25) is 0 Å². The minimum atomic E-state index is -0.876. The van der Waals surface area contributed by atoms with Crippen molar-refractivity contribution in [1.82, 2.24) is 15.2 Å². The molecule has 152 valence electrons. The van der Waals surface area contributed by atoms with Crippen LogP contribution >= 0.6 is 11.6 Å². The zero-order chi connectivity index (χ0) is 20.5. The van der Waals surface area contributed by atoms with Crippen LogP contribution < -0.4 is 5.32 Å². The quantitative estimate of drug-likeness (QED) is 0.470. The molecule has 1 spiro atoms. The molecule has 1 N–H and O–H groups in total. The molecule has 1 aromatic heterocycles.